The predicted octanol–water partition coefficient (Wildman–Crippen LogP) is 2.20. The van der Waals surface area contributed by atoms with Crippen molar-refractivity contribution in [3.05, 3.63) is 35.9 Å². The second kappa shape index (κ2) is 6.64. The molecule has 1 aliphatic carbocycles. The number of hydrogen-bond acceptors (Lipinski definition) is 5. The molecule has 0 radical (unpaired) electrons. The van der Waals surface area contributed by atoms with E-state index in [4.69, 9.17) is 4.74 Å². The quantitative estimate of drug-likeness (QED) is 0.897. The van der Waals surface area contributed by atoms with Crippen molar-refractivity contribution < 1.29 is 9.53 Å². The molecule has 2 atom stereocenters. The monoisotopic (exact) mass is 367 g/mol. The van der Waals surface area contributed by atoms with Gasteiger partial charge in [-0.25, -0.2) is 0 Å². The zero-order chi connectivity index (χ0) is 18.4. The van der Waals surface area contributed by atoms with Crippen LogP contribution in [0.3, 0.4) is 0 Å². The van der Waals surface area contributed by atoms with Crippen LogP contribution in [0, 0.1) is 11.8 Å². The number of hydrogen-bond donors (Lipinski definition) is 1. The second-order valence-electron chi connectivity index (χ2n) is 8.00. The summed E-state index contributed by atoms with van der Waals surface area (Å²) in [5, 5.41) is 11.4. The van der Waals surface area contributed by atoms with Gasteiger partial charge in [-0.2, -0.15) is 0 Å². The Kier molecular flexibility index (Phi) is 4.11. The Morgan fingerprint density at radius 2 is 1.89 bits per heavy atom. The van der Waals surface area contributed by atoms with Gasteiger partial charge in [0.2, 0.25) is 5.82 Å². The summed E-state index contributed by atoms with van der Waals surface area (Å²) < 4.78 is 7.19. The van der Waals surface area contributed by atoms with Crippen molar-refractivity contribution in [2.75, 3.05) is 25.5 Å². The van der Waals surface area contributed by atoms with Crippen LogP contribution in [0.15, 0.2) is 24.3 Å². The third kappa shape index (κ3) is 3.00. The van der Waals surface area contributed by atoms with Gasteiger partial charge in [0.05, 0.1) is 7.11 Å². The van der Waals surface area contributed by atoms with Gasteiger partial charge < -0.3 is 14.6 Å². The number of carbonyl (C=O) groups excluding carboxylic acids is 1. The molecule has 3 heterocycles. The summed E-state index contributed by atoms with van der Waals surface area (Å²) in [6.07, 6.45) is 5.00. The highest BCUT2D eigenvalue weighted by Gasteiger charge is 2.42. The fourth-order valence-electron chi connectivity index (χ4n) is 4.64. The summed E-state index contributed by atoms with van der Waals surface area (Å²) in [7, 11) is 1.62. The number of rotatable bonds is 4. The molecule has 0 spiro atoms. The van der Waals surface area contributed by atoms with E-state index in [9.17, 15) is 4.79 Å². The van der Waals surface area contributed by atoms with Gasteiger partial charge in [0.15, 0.2) is 0 Å². The van der Waals surface area contributed by atoms with Crippen LogP contribution in [0.5, 0.6) is 5.75 Å². The largest absolute Gasteiger partial charge is 0.497 e. The van der Waals surface area contributed by atoms with Crippen molar-refractivity contribution in [1.82, 2.24) is 19.7 Å². The maximum atomic E-state index is 12.7. The zero-order valence-electron chi connectivity index (χ0n) is 15.6. The van der Waals surface area contributed by atoms with Gasteiger partial charge in [0.25, 0.3) is 5.91 Å². The molecule has 3 aliphatic rings. The van der Waals surface area contributed by atoms with Gasteiger partial charge in [-0.3, -0.25) is 9.69 Å². The first-order valence-corrected chi connectivity index (χ1v) is 9.83. The number of aromatic nitrogens is 3. The average Bonchev–Trinajstić information content (AvgIpc) is 3.21. The fourth-order valence-corrected chi connectivity index (χ4v) is 4.64. The minimum Gasteiger partial charge on any atom is -0.497 e. The number of amides is 1. The molecule has 5 rings (SSSR count). The maximum Gasteiger partial charge on any atom is 0.293 e. The minimum absolute atomic E-state index is 0.203. The first kappa shape index (κ1) is 16.7. The Bertz CT molecular complexity index is 843. The molecule has 7 nitrogen and oxygen atoms in total. The van der Waals surface area contributed by atoms with Crippen LogP contribution in [-0.4, -0.2) is 51.8 Å². The number of ether oxygens (including phenoxy) is 1. The van der Waals surface area contributed by atoms with Crippen LogP contribution in [0.4, 0.5) is 5.69 Å². The van der Waals surface area contributed by atoms with Gasteiger partial charge >= 0.3 is 0 Å². The van der Waals surface area contributed by atoms with Crippen molar-refractivity contribution in [2.45, 2.75) is 38.3 Å². The van der Waals surface area contributed by atoms with E-state index in [0.29, 0.717) is 17.7 Å². The van der Waals surface area contributed by atoms with Crippen LogP contribution in [-0.2, 0) is 13.0 Å². The van der Waals surface area contributed by atoms with Gasteiger partial charge in [0.1, 0.15) is 11.6 Å². The molecular weight excluding hydrogens is 342 g/mol. The number of nitrogens with zero attached hydrogens (tertiary/aromatic N) is 4. The lowest BCUT2D eigenvalue weighted by Crippen LogP contribution is -2.38. The van der Waals surface area contributed by atoms with Crippen molar-refractivity contribution >= 4 is 11.6 Å². The third-order valence-corrected chi connectivity index (χ3v) is 6.44. The number of benzene rings is 1. The minimum atomic E-state index is -0.203. The summed E-state index contributed by atoms with van der Waals surface area (Å²) in [6.45, 7) is 3.17. The molecule has 1 saturated heterocycles. The topological polar surface area (TPSA) is 72.3 Å². The number of methoxy groups -OCH3 is 1. The van der Waals surface area contributed by atoms with E-state index in [1.165, 1.54) is 25.8 Å². The second-order valence-corrected chi connectivity index (χ2v) is 8.00. The molecule has 2 aliphatic heterocycles. The standard InChI is InChI=1S/C20H25N5O2/c1-27-17-7-5-15(6-8-17)21-20(26)19-23-22-18-9-13-10-24(16-3-2-4-16)11-14(13)12-25(18)19/h5-8,13-14,16H,2-4,9-12H2,1H3,(H,21,26)/t13-,14+/m1/s1. The molecule has 2 aromatic rings. The summed E-state index contributed by atoms with van der Waals surface area (Å²) in [6, 6.07) is 8.10. The number of fused-ring (bicyclic) bond motifs is 2. The summed E-state index contributed by atoms with van der Waals surface area (Å²) in [4.78, 5) is 15.4. The van der Waals surface area contributed by atoms with Crippen molar-refractivity contribution in [3.8, 4) is 5.75 Å². The molecule has 7 heteroatoms. The number of likely N-dealkylation sites (tertiary alicyclic amines) is 1. The average molecular weight is 367 g/mol. The number of anilines is 1. The Morgan fingerprint density at radius 3 is 2.59 bits per heavy atom. The highest BCUT2D eigenvalue weighted by molar-refractivity contribution is 6.01. The van der Waals surface area contributed by atoms with E-state index in [0.717, 1.165) is 42.8 Å². The molecular formula is C20H25N5O2. The molecule has 0 unspecified atom stereocenters. The first-order valence-electron chi connectivity index (χ1n) is 9.83. The third-order valence-electron chi connectivity index (χ3n) is 6.44. The van der Waals surface area contributed by atoms with E-state index >= 15 is 0 Å². The highest BCUT2D eigenvalue weighted by Crippen LogP contribution is 2.37. The summed E-state index contributed by atoms with van der Waals surface area (Å²) in [5.41, 5.74) is 0.726. The molecule has 1 aromatic carbocycles. The fraction of sp³-hybridized carbons (Fsp3) is 0.550. The Balaban J connectivity index is 1.30. The first-order chi connectivity index (χ1) is 13.2. The zero-order valence-corrected chi connectivity index (χ0v) is 15.6. The van der Waals surface area contributed by atoms with Crippen LogP contribution in [0.25, 0.3) is 0 Å². The lowest BCUT2D eigenvalue weighted by Gasteiger charge is -2.34. The summed E-state index contributed by atoms with van der Waals surface area (Å²) >= 11 is 0. The molecule has 0 bridgehead atoms. The predicted molar refractivity (Wildman–Crippen MR) is 101 cm³/mol. The van der Waals surface area contributed by atoms with E-state index in [-0.39, 0.29) is 5.91 Å². The van der Waals surface area contributed by atoms with E-state index in [2.05, 4.69) is 20.4 Å². The lowest BCUT2D eigenvalue weighted by atomic mass is 9.89. The molecule has 1 saturated carbocycles. The number of nitrogens with one attached hydrogen (secondary N) is 1. The Morgan fingerprint density at radius 1 is 1.11 bits per heavy atom. The maximum absolute atomic E-state index is 12.7. The van der Waals surface area contributed by atoms with E-state index in [1.54, 1.807) is 7.11 Å². The molecule has 27 heavy (non-hydrogen) atoms. The number of carbonyl (C=O) groups is 1. The van der Waals surface area contributed by atoms with Gasteiger partial charge in [-0.1, -0.05) is 6.42 Å². The van der Waals surface area contributed by atoms with Crippen LogP contribution in [0.2, 0.25) is 0 Å². The Labute approximate surface area is 158 Å². The SMILES string of the molecule is COc1ccc(NC(=O)c2nnc3n2C[C@@H]2CN(C4CCC4)C[C@H]2C3)cc1. The lowest BCUT2D eigenvalue weighted by molar-refractivity contribution is 0.100. The molecule has 142 valence electrons. The molecule has 1 N–H and O–H groups in total. The smallest absolute Gasteiger partial charge is 0.293 e. The van der Waals surface area contributed by atoms with Crippen LogP contribution >= 0.6 is 0 Å². The van der Waals surface area contributed by atoms with Crippen LogP contribution in [0.1, 0.15) is 35.7 Å². The van der Waals surface area contributed by atoms with Crippen LogP contribution < -0.4 is 10.1 Å². The van der Waals surface area contributed by atoms with Gasteiger partial charge in [0, 0.05) is 37.8 Å². The van der Waals surface area contributed by atoms with E-state index < -0.39 is 0 Å². The van der Waals surface area contributed by atoms with Crippen molar-refractivity contribution in [2.24, 2.45) is 11.8 Å². The molecule has 2 fully saturated rings. The Hall–Kier alpha value is -2.41. The molecule has 1 aromatic heterocycles. The van der Waals surface area contributed by atoms with Gasteiger partial charge in [-0.05, 0) is 48.9 Å². The highest BCUT2D eigenvalue weighted by atomic mass is 16.5. The van der Waals surface area contributed by atoms with Crippen molar-refractivity contribution in [3.63, 3.8) is 0 Å². The van der Waals surface area contributed by atoms with Gasteiger partial charge in [-0.15, -0.1) is 10.2 Å². The normalized spacial score (nSPS) is 24.8. The molecule has 1 amide bonds. The summed E-state index contributed by atoms with van der Waals surface area (Å²) in [5.74, 6) is 3.18. The van der Waals surface area contributed by atoms with E-state index in [1.807, 2.05) is 28.8 Å². The van der Waals surface area contributed by atoms with Crippen molar-refractivity contribution in [1.29, 1.82) is 0 Å².